The third-order valence-electron chi connectivity index (χ3n) is 2.27. The number of amides is 1. The van der Waals surface area contributed by atoms with E-state index in [1.54, 1.807) is 0 Å². The molecule has 0 fully saturated rings. The highest BCUT2D eigenvalue weighted by Crippen LogP contribution is 2.08. The number of benzene rings is 1. The lowest BCUT2D eigenvalue weighted by Crippen LogP contribution is -2.24. The summed E-state index contributed by atoms with van der Waals surface area (Å²) in [6, 6.07) is 10.0. The number of carbonyl (C=O) groups is 1. The first kappa shape index (κ1) is 9.71. The van der Waals surface area contributed by atoms with E-state index in [9.17, 15) is 4.79 Å². The number of nitrogens with one attached hydrogen (secondary N) is 1. The SMILES string of the molecule is O=C1CCC=C(C=Cc2ccccc2)N1. The van der Waals surface area contributed by atoms with Gasteiger partial charge in [-0.05, 0) is 18.1 Å². The number of allylic oxidation sites excluding steroid dienone is 2. The zero-order valence-electron chi connectivity index (χ0n) is 8.44. The Bertz CT molecular complexity index is 404. The van der Waals surface area contributed by atoms with Crippen LogP contribution in [-0.2, 0) is 4.79 Å². The van der Waals surface area contributed by atoms with Crippen LogP contribution in [0.15, 0.2) is 48.2 Å². The van der Waals surface area contributed by atoms with E-state index in [4.69, 9.17) is 0 Å². The van der Waals surface area contributed by atoms with Crippen molar-refractivity contribution in [3.05, 3.63) is 53.7 Å². The van der Waals surface area contributed by atoms with Gasteiger partial charge in [0.15, 0.2) is 0 Å². The first-order valence-electron chi connectivity index (χ1n) is 5.08. The molecule has 0 spiro atoms. The second-order valence-corrected chi connectivity index (χ2v) is 3.49. The summed E-state index contributed by atoms with van der Waals surface area (Å²) in [5, 5.41) is 2.82. The zero-order valence-corrected chi connectivity index (χ0v) is 8.44. The second kappa shape index (κ2) is 4.60. The number of hydrogen-bond donors (Lipinski definition) is 1. The Kier molecular flexibility index (Phi) is 2.98. The monoisotopic (exact) mass is 199 g/mol. The van der Waals surface area contributed by atoms with Gasteiger partial charge in [-0.2, -0.15) is 0 Å². The van der Waals surface area contributed by atoms with E-state index in [2.05, 4.69) is 5.32 Å². The topological polar surface area (TPSA) is 29.1 Å². The largest absolute Gasteiger partial charge is 0.326 e. The van der Waals surface area contributed by atoms with E-state index in [0.29, 0.717) is 6.42 Å². The van der Waals surface area contributed by atoms with Crippen LogP contribution in [-0.4, -0.2) is 5.91 Å². The molecule has 2 rings (SSSR count). The van der Waals surface area contributed by atoms with E-state index in [0.717, 1.165) is 17.7 Å². The fourth-order valence-corrected chi connectivity index (χ4v) is 1.49. The lowest BCUT2D eigenvalue weighted by atomic mass is 10.1. The van der Waals surface area contributed by atoms with Gasteiger partial charge in [0.05, 0.1) is 0 Å². The Morgan fingerprint density at radius 3 is 2.67 bits per heavy atom. The van der Waals surface area contributed by atoms with Gasteiger partial charge in [-0.3, -0.25) is 4.79 Å². The molecule has 0 saturated heterocycles. The van der Waals surface area contributed by atoms with Gasteiger partial charge >= 0.3 is 0 Å². The highest BCUT2D eigenvalue weighted by atomic mass is 16.1. The van der Waals surface area contributed by atoms with Gasteiger partial charge in [0, 0.05) is 12.1 Å². The number of carbonyl (C=O) groups excluding carboxylic acids is 1. The Balaban J connectivity index is 2.06. The fraction of sp³-hybridized carbons (Fsp3) is 0.154. The normalized spacial score (nSPS) is 16.3. The quantitative estimate of drug-likeness (QED) is 0.779. The number of hydrogen-bond acceptors (Lipinski definition) is 1. The van der Waals surface area contributed by atoms with Crippen LogP contribution >= 0.6 is 0 Å². The van der Waals surface area contributed by atoms with Crippen molar-refractivity contribution in [2.24, 2.45) is 0 Å². The van der Waals surface area contributed by atoms with Crippen LogP contribution in [0.25, 0.3) is 6.08 Å². The molecule has 1 aliphatic heterocycles. The van der Waals surface area contributed by atoms with Crippen LogP contribution in [0.1, 0.15) is 18.4 Å². The van der Waals surface area contributed by atoms with Gasteiger partial charge in [0.1, 0.15) is 0 Å². The average Bonchev–Trinajstić information content (AvgIpc) is 2.28. The molecule has 76 valence electrons. The summed E-state index contributed by atoms with van der Waals surface area (Å²) >= 11 is 0. The van der Waals surface area contributed by atoms with Crippen molar-refractivity contribution in [3.8, 4) is 0 Å². The first-order chi connectivity index (χ1) is 7.34. The van der Waals surface area contributed by atoms with Gasteiger partial charge in [0.25, 0.3) is 0 Å². The summed E-state index contributed by atoms with van der Waals surface area (Å²) in [5.41, 5.74) is 2.04. The second-order valence-electron chi connectivity index (χ2n) is 3.49. The van der Waals surface area contributed by atoms with Crippen LogP contribution in [0.2, 0.25) is 0 Å². The van der Waals surface area contributed by atoms with Crippen molar-refractivity contribution < 1.29 is 4.79 Å². The lowest BCUT2D eigenvalue weighted by Gasteiger charge is -2.10. The Hall–Kier alpha value is -1.83. The predicted molar refractivity (Wildman–Crippen MR) is 60.9 cm³/mol. The summed E-state index contributed by atoms with van der Waals surface area (Å²) in [5.74, 6) is 0.102. The third-order valence-corrected chi connectivity index (χ3v) is 2.27. The van der Waals surface area contributed by atoms with Crippen molar-refractivity contribution in [2.45, 2.75) is 12.8 Å². The maximum absolute atomic E-state index is 11.1. The fourth-order valence-electron chi connectivity index (χ4n) is 1.49. The maximum Gasteiger partial charge on any atom is 0.224 e. The molecule has 1 amide bonds. The minimum absolute atomic E-state index is 0.102. The standard InChI is InChI=1S/C13H13NO/c15-13-8-4-7-12(14-13)10-9-11-5-2-1-3-6-11/h1-3,5-7,9-10H,4,8H2,(H,14,15). The Labute approximate surface area is 89.3 Å². The Morgan fingerprint density at radius 2 is 1.93 bits per heavy atom. The molecule has 1 aromatic rings. The lowest BCUT2D eigenvalue weighted by molar-refractivity contribution is -0.120. The van der Waals surface area contributed by atoms with Gasteiger partial charge in [0.2, 0.25) is 5.91 Å². The molecule has 1 N–H and O–H groups in total. The molecule has 2 heteroatoms. The molecule has 0 unspecified atom stereocenters. The van der Waals surface area contributed by atoms with Crippen molar-refractivity contribution in [1.29, 1.82) is 0 Å². The molecular weight excluding hydrogens is 186 g/mol. The van der Waals surface area contributed by atoms with Gasteiger partial charge in [-0.1, -0.05) is 42.5 Å². The van der Waals surface area contributed by atoms with Crippen LogP contribution in [0.5, 0.6) is 0 Å². The molecule has 15 heavy (non-hydrogen) atoms. The molecule has 2 nitrogen and oxygen atoms in total. The minimum Gasteiger partial charge on any atom is -0.326 e. The molecule has 1 heterocycles. The van der Waals surface area contributed by atoms with Crippen LogP contribution < -0.4 is 5.32 Å². The van der Waals surface area contributed by atoms with Crippen molar-refractivity contribution in [2.75, 3.05) is 0 Å². The van der Waals surface area contributed by atoms with Crippen molar-refractivity contribution in [3.63, 3.8) is 0 Å². The minimum atomic E-state index is 0.102. The van der Waals surface area contributed by atoms with E-state index >= 15 is 0 Å². The number of rotatable bonds is 2. The van der Waals surface area contributed by atoms with E-state index in [1.807, 2.05) is 48.6 Å². The van der Waals surface area contributed by atoms with Gasteiger partial charge in [-0.15, -0.1) is 0 Å². The maximum atomic E-state index is 11.1. The summed E-state index contributed by atoms with van der Waals surface area (Å²) in [4.78, 5) is 11.1. The van der Waals surface area contributed by atoms with Crippen molar-refractivity contribution in [1.82, 2.24) is 5.32 Å². The van der Waals surface area contributed by atoms with E-state index in [1.165, 1.54) is 0 Å². The highest BCUT2D eigenvalue weighted by Gasteiger charge is 2.06. The molecule has 0 aromatic heterocycles. The summed E-state index contributed by atoms with van der Waals surface area (Å²) in [6.07, 6.45) is 7.41. The smallest absolute Gasteiger partial charge is 0.224 e. The molecule has 1 aromatic carbocycles. The average molecular weight is 199 g/mol. The summed E-state index contributed by atoms with van der Waals surface area (Å²) in [7, 11) is 0. The van der Waals surface area contributed by atoms with E-state index in [-0.39, 0.29) is 5.91 Å². The molecular formula is C13H13NO. The van der Waals surface area contributed by atoms with Gasteiger partial charge < -0.3 is 5.32 Å². The summed E-state index contributed by atoms with van der Waals surface area (Å²) in [6.45, 7) is 0. The Morgan fingerprint density at radius 1 is 1.13 bits per heavy atom. The molecule has 0 saturated carbocycles. The van der Waals surface area contributed by atoms with E-state index < -0.39 is 0 Å². The van der Waals surface area contributed by atoms with Crippen molar-refractivity contribution >= 4 is 12.0 Å². The van der Waals surface area contributed by atoms with Crippen LogP contribution in [0.3, 0.4) is 0 Å². The molecule has 0 aliphatic carbocycles. The molecule has 0 bridgehead atoms. The predicted octanol–water partition coefficient (Wildman–Crippen LogP) is 2.49. The molecule has 1 aliphatic rings. The summed E-state index contributed by atoms with van der Waals surface area (Å²) < 4.78 is 0. The van der Waals surface area contributed by atoms with Gasteiger partial charge in [-0.25, -0.2) is 0 Å². The zero-order chi connectivity index (χ0) is 10.5. The highest BCUT2D eigenvalue weighted by molar-refractivity contribution is 5.80. The first-order valence-corrected chi connectivity index (χ1v) is 5.08. The van der Waals surface area contributed by atoms with Crippen LogP contribution in [0.4, 0.5) is 0 Å². The van der Waals surface area contributed by atoms with Crippen LogP contribution in [0, 0.1) is 0 Å². The molecule has 0 radical (unpaired) electrons. The molecule has 0 atom stereocenters. The third kappa shape index (κ3) is 2.81.